The Balaban J connectivity index is 2.15. The Morgan fingerprint density at radius 3 is 2.67 bits per heavy atom. The van der Waals surface area contributed by atoms with Crippen molar-refractivity contribution in [2.24, 2.45) is 0 Å². The summed E-state index contributed by atoms with van der Waals surface area (Å²) in [6.07, 6.45) is 0.168. The lowest BCUT2D eigenvalue weighted by Gasteiger charge is -2.05. The van der Waals surface area contributed by atoms with Crippen LogP contribution in [-0.2, 0) is 16.1 Å². The van der Waals surface area contributed by atoms with Crippen LogP contribution in [-0.4, -0.2) is 23.0 Å². The van der Waals surface area contributed by atoms with Crippen molar-refractivity contribution in [2.75, 3.05) is 0 Å². The predicted octanol–water partition coefficient (Wildman–Crippen LogP) is 1.33. The molecule has 0 spiro atoms. The number of carbonyl (C=O) groups is 3. The van der Waals surface area contributed by atoms with Gasteiger partial charge in [0, 0.05) is 19.4 Å². The number of hydrogen-bond acceptors (Lipinski definition) is 4. The van der Waals surface area contributed by atoms with Gasteiger partial charge in [0.25, 0.3) is 0 Å². The topological polar surface area (TPSA) is 95.5 Å². The molecule has 1 aromatic rings. The number of imide groups is 1. The molecule has 0 aliphatic carbocycles. The molecule has 0 aliphatic heterocycles. The molecule has 3 N–H and O–H groups in total. The van der Waals surface area contributed by atoms with Gasteiger partial charge in [-0.2, -0.15) is 11.3 Å². The Bertz CT molecular complexity index is 417. The van der Waals surface area contributed by atoms with Crippen LogP contribution in [0.15, 0.2) is 16.8 Å². The Morgan fingerprint density at radius 1 is 1.28 bits per heavy atom. The lowest BCUT2D eigenvalue weighted by molar-refractivity contribution is -0.137. The molecule has 0 bridgehead atoms. The zero-order chi connectivity index (χ0) is 13.4. The zero-order valence-corrected chi connectivity index (χ0v) is 10.5. The second-order valence-corrected chi connectivity index (χ2v) is 4.39. The lowest BCUT2D eigenvalue weighted by Crippen LogP contribution is -2.38. The Kier molecular flexibility index (Phi) is 5.86. The highest BCUT2D eigenvalue weighted by Crippen LogP contribution is 2.04. The second kappa shape index (κ2) is 7.44. The molecule has 3 amide bonds. The van der Waals surface area contributed by atoms with Crippen LogP contribution in [0.2, 0.25) is 0 Å². The summed E-state index contributed by atoms with van der Waals surface area (Å²) < 4.78 is 0. The molecule has 1 aromatic heterocycles. The molecule has 0 fully saturated rings. The maximum absolute atomic E-state index is 11.3. The molecule has 0 radical (unpaired) electrons. The third-order valence-corrected chi connectivity index (χ3v) is 2.81. The SMILES string of the molecule is O=C(O)CCCC(=O)NC(=O)NCc1ccsc1. The summed E-state index contributed by atoms with van der Waals surface area (Å²) >= 11 is 1.52. The van der Waals surface area contributed by atoms with Gasteiger partial charge < -0.3 is 10.4 Å². The van der Waals surface area contributed by atoms with Crippen molar-refractivity contribution in [1.29, 1.82) is 0 Å². The molecule has 98 valence electrons. The van der Waals surface area contributed by atoms with Crippen LogP contribution < -0.4 is 10.6 Å². The molecule has 1 rings (SSSR count). The number of nitrogens with one attached hydrogen (secondary N) is 2. The number of carbonyl (C=O) groups excluding carboxylic acids is 2. The summed E-state index contributed by atoms with van der Waals surface area (Å²) in [7, 11) is 0. The van der Waals surface area contributed by atoms with E-state index >= 15 is 0 Å². The van der Waals surface area contributed by atoms with Crippen LogP contribution >= 0.6 is 11.3 Å². The van der Waals surface area contributed by atoms with E-state index in [9.17, 15) is 14.4 Å². The minimum atomic E-state index is -0.954. The Hall–Kier alpha value is -1.89. The number of rotatable bonds is 6. The molecular weight excluding hydrogens is 256 g/mol. The highest BCUT2D eigenvalue weighted by Gasteiger charge is 2.08. The fraction of sp³-hybridized carbons (Fsp3) is 0.364. The van der Waals surface area contributed by atoms with E-state index < -0.39 is 17.9 Å². The Morgan fingerprint density at radius 2 is 2.06 bits per heavy atom. The lowest BCUT2D eigenvalue weighted by atomic mass is 10.2. The van der Waals surface area contributed by atoms with E-state index in [0.717, 1.165) is 5.56 Å². The number of carboxylic acids is 1. The van der Waals surface area contributed by atoms with Gasteiger partial charge in [0.15, 0.2) is 0 Å². The largest absolute Gasteiger partial charge is 0.481 e. The predicted molar refractivity (Wildman–Crippen MR) is 66.2 cm³/mol. The summed E-state index contributed by atoms with van der Waals surface area (Å²) in [4.78, 5) is 32.8. The normalized spacial score (nSPS) is 9.78. The van der Waals surface area contributed by atoms with Gasteiger partial charge in [-0.25, -0.2) is 4.79 Å². The van der Waals surface area contributed by atoms with Crippen LogP contribution in [0.3, 0.4) is 0 Å². The van der Waals surface area contributed by atoms with Crippen molar-refractivity contribution in [3.8, 4) is 0 Å². The van der Waals surface area contributed by atoms with E-state index in [0.29, 0.717) is 6.54 Å². The third-order valence-electron chi connectivity index (χ3n) is 2.08. The molecule has 7 heteroatoms. The molecule has 0 saturated carbocycles. The summed E-state index contributed by atoms with van der Waals surface area (Å²) in [6, 6.07) is 1.31. The molecule has 0 aliphatic rings. The molecule has 1 heterocycles. The van der Waals surface area contributed by atoms with Crippen molar-refractivity contribution < 1.29 is 19.5 Å². The minimum absolute atomic E-state index is 0.0260. The maximum Gasteiger partial charge on any atom is 0.321 e. The van der Waals surface area contributed by atoms with E-state index in [4.69, 9.17) is 5.11 Å². The van der Waals surface area contributed by atoms with Crippen molar-refractivity contribution in [3.05, 3.63) is 22.4 Å². The summed E-state index contributed by atoms with van der Waals surface area (Å²) in [5, 5.41) is 16.9. The standard InChI is InChI=1S/C11H14N2O4S/c14-9(2-1-3-10(15)16)13-11(17)12-6-8-4-5-18-7-8/h4-5,7H,1-3,6H2,(H,15,16)(H2,12,13,14,17). The van der Waals surface area contributed by atoms with Crippen molar-refractivity contribution in [1.82, 2.24) is 10.6 Å². The number of hydrogen-bond donors (Lipinski definition) is 3. The van der Waals surface area contributed by atoms with E-state index in [1.807, 2.05) is 16.8 Å². The van der Waals surface area contributed by atoms with Crippen LogP contribution in [0.5, 0.6) is 0 Å². The van der Waals surface area contributed by atoms with Gasteiger partial charge >= 0.3 is 12.0 Å². The first-order valence-electron chi connectivity index (χ1n) is 5.38. The van der Waals surface area contributed by atoms with Gasteiger partial charge in [-0.1, -0.05) is 0 Å². The average Bonchev–Trinajstić information content (AvgIpc) is 2.78. The first kappa shape index (κ1) is 14.2. The molecule has 6 nitrogen and oxygen atoms in total. The third kappa shape index (κ3) is 6.00. The molecular formula is C11H14N2O4S. The highest BCUT2D eigenvalue weighted by molar-refractivity contribution is 7.07. The second-order valence-electron chi connectivity index (χ2n) is 3.61. The van der Waals surface area contributed by atoms with Gasteiger partial charge in [0.2, 0.25) is 5.91 Å². The smallest absolute Gasteiger partial charge is 0.321 e. The fourth-order valence-corrected chi connectivity index (χ4v) is 1.88. The van der Waals surface area contributed by atoms with Gasteiger partial charge in [-0.05, 0) is 28.8 Å². The number of carboxylic acid groups (broad SMARTS) is 1. The summed E-state index contributed by atoms with van der Waals surface area (Å²) in [5.41, 5.74) is 0.966. The highest BCUT2D eigenvalue weighted by atomic mass is 32.1. The van der Waals surface area contributed by atoms with Gasteiger partial charge in [-0.3, -0.25) is 14.9 Å². The molecule has 0 unspecified atom stereocenters. The van der Waals surface area contributed by atoms with Crippen LogP contribution in [0.4, 0.5) is 4.79 Å². The van der Waals surface area contributed by atoms with Crippen molar-refractivity contribution in [3.63, 3.8) is 0 Å². The van der Waals surface area contributed by atoms with Crippen molar-refractivity contribution >= 4 is 29.2 Å². The quantitative estimate of drug-likeness (QED) is 0.726. The monoisotopic (exact) mass is 270 g/mol. The Labute approximate surface area is 108 Å². The molecule has 18 heavy (non-hydrogen) atoms. The number of aliphatic carboxylic acids is 1. The van der Waals surface area contributed by atoms with Crippen LogP contribution in [0.25, 0.3) is 0 Å². The number of urea groups is 1. The minimum Gasteiger partial charge on any atom is -0.481 e. The van der Waals surface area contributed by atoms with E-state index in [2.05, 4.69) is 10.6 Å². The zero-order valence-electron chi connectivity index (χ0n) is 9.64. The van der Waals surface area contributed by atoms with Crippen LogP contribution in [0, 0.1) is 0 Å². The fourth-order valence-electron chi connectivity index (χ4n) is 1.21. The number of thiophene rings is 1. The van der Waals surface area contributed by atoms with E-state index in [1.54, 1.807) is 0 Å². The first-order chi connectivity index (χ1) is 8.58. The van der Waals surface area contributed by atoms with E-state index in [1.165, 1.54) is 11.3 Å². The molecule has 0 atom stereocenters. The summed E-state index contributed by atoms with van der Waals surface area (Å²) in [6.45, 7) is 0.359. The summed E-state index contributed by atoms with van der Waals surface area (Å²) in [5.74, 6) is -1.43. The van der Waals surface area contributed by atoms with Gasteiger partial charge in [-0.15, -0.1) is 0 Å². The van der Waals surface area contributed by atoms with Gasteiger partial charge in [0.05, 0.1) is 0 Å². The van der Waals surface area contributed by atoms with E-state index in [-0.39, 0.29) is 19.3 Å². The maximum atomic E-state index is 11.3. The van der Waals surface area contributed by atoms with Gasteiger partial charge in [0.1, 0.15) is 0 Å². The first-order valence-corrected chi connectivity index (χ1v) is 6.33. The number of amides is 3. The average molecular weight is 270 g/mol. The molecule has 0 aromatic carbocycles. The molecule has 0 saturated heterocycles. The van der Waals surface area contributed by atoms with Crippen LogP contribution in [0.1, 0.15) is 24.8 Å². The van der Waals surface area contributed by atoms with Crippen molar-refractivity contribution in [2.45, 2.75) is 25.8 Å².